The predicted molar refractivity (Wildman–Crippen MR) is 62.3 cm³/mol. The van der Waals surface area contributed by atoms with Crippen molar-refractivity contribution in [1.29, 1.82) is 0 Å². The second-order valence-electron chi connectivity index (χ2n) is 3.61. The van der Waals surface area contributed by atoms with Gasteiger partial charge in [0, 0.05) is 0 Å². The summed E-state index contributed by atoms with van der Waals surface area (Å²) in [7, 11) is -3.59. The van der Waals surface area contributed by atoms with E-state index >= 15 is 0 Å². The average Bonchev–Trinajstić information content (AvgIpc) is 2.20. The third-order valence-electron chi connectivity index (χ3n) is 2.05. The summed E-state index contributed by atoms with van der Waals surface area (Å²) in [5.74, 6) is -1.35. The first-order valence-electron chi connectivity index (χ1n) is 5.21. The Kier molecular flexibility index (Phi) is 4.62. The van der Waals surface area contributed by atoms with Crippen molar-refractivity contribution in [3.8, 4) is 0 Å². The van der Waals surface area contributed by atoms with Crippen molar-refractivity contribution in [2.24, 2.45) is 0 Å². The van der Waals surface area contributed by atoms with E-state index in [1.807, 2.05) is 4.72 Å². The van der Waals surface area contributed by atoms with Gasteiger partial charge in [-0.1, -0.05) is 25.1 Å². The Balaban J connectivity index is 2.66. The number of halogens is 1. The molecule has 0 aromatic heterocycles. The van der Waals surface area contributed by atoms with Crippen LogP contribution in [0.5, 0.6) is 0 Å². The van der Waals surface area contributed by atoms with Gasteiger partial charge in [0.05, 0.1) is 12.2 Å². The lowest BCUT2D eigenvalue weighted by Crippen LogP contribution is -2.33. The number of sulfonamides is 1. The molecule has 0 saturated carbocycles. The zero-order valence-corrected chi connectivity index (χ0v) is 10.3. The molecular formula is C11H14FNO3S. The molecule has 0 aliphatic carbocycles. The number of amides is 1. The zero-order chi connectivity index (χ0) is 12.9. The molecule has 0 unspecified atom stereocenters. The van der Waals surface area contributed by atoms with Crippen LogP contribution in [0.1, 0.15) is 18.9 Å². The standard InChI is InChI=1S/C11H14FNO3S/c1-2-7-17(15,16)13-11(14)8-9-5-3-4-6-10(9)12/h3-6H,2,7-8H2,1H3,(H,13,14). The highest BCUT2D eigenvalue weighted by molar-refractivity contribution is 7.90. The topological polar surface area (TPSA) is 63.2 Å². The van der Waals surface area contributed by atoms with Crippen LogP contribution < -0.4 is 4.72 Å². The van der Waals surface area contributed by atoms with Crippen molar-refractivity contribution in [3.63, 3.8) is 0 Å². The Morgan fingerprint density at radius 3 is 2.59 bits per heavy atom. The highest BCUT2D eigenvalue weighted by Crippen LogP contribution is 2.07. The fourth-order valence-corrected chi connectivity index (χ4v) is 2.40. The minimum Gasteiger partial charge on any atom is -0.274 e. The second kappa shape index (κ2) is 5.77. The van der Waals surface area contributed by atoms with Crippen molar-refractivity contribution in [1.82, 2.24) is 4.72 Å². The monoisotopic (exact) mass is 259 g/mol. The minimum atomic E-state index is -3.59. The fourth-order valence-electron chi connectivity index (χ4n) is 1.34. The Morgan fingerprint density at radius 1 is 1.35 bits per heavy atom. The van der Waals surface area contributed by atoms with Gasteiger partial charge in [0.2, 0.25) is 15.9 Å². The summed E-state index contributed by atoms with van der Waals surface area (Å²) in [6.07, 6.45) is 0.137. The van der Waals surface area contributed by atoms with E-state index in [1.54, 1.807) is 13.0 Å². The predicted octanol–water partition coefficient (Wildman–Crippen LogP) is 1.22. The van der Waals surface area contributed by atoms with Crippen LogP contribution in [0.15, 0.2) is 24.3 Å². The Hall–Kier alpha value is -1.43. The van der Waals surface area contributed by atoms with Crippen molar-refractivity contribution < 1.29 is 17.6 Å². The first kappa shape index (κ1) is 13.6. The number of nitrogens with one attached hydrogen (secondary N) is 1. The summed E-state index contributed by atoms with van der Waals surface area (Å²) in [5, 5.41) is 0. The number of hydrogen-bond donors (Lipinski definition) is 1. The van der Waals surface area contributed by atoms with Gasteiger partial charge in [-0.25, -0.2) is 12.8 Å². The van der Waals surface area contributed by atoms with Crippen LogP contribution in [0, 0.1) is 5.82 Å². The largest absolute Gasteiger partial charge is 0.274 e. The van der Waals surface area contributed by atoms with E-state index in [-0.39, 0.29) is 17.7 Å². The SMILES string of the molecule is CCCS(=O)(=O)NC(=O)Cc1ccccc1F. The first-order valence-corrected chi connectivity index (χ1v) is 6.86. The van der Waals surface area contributed by atoms with Gasteiger partial charge in [0.1, 0.15) is 5.82 Å². The third-order valence-corrected chi connectivity index (χ3v) is 3.54. The van der Waals surface area contributed by atoms with Gasteiger partial charge in [-0.2, -0.15) is 0 Å². The summed E-state index contributed by atoms with van der Waals surface area (Å²) in [6.45, 7) is 1.70. The van der Waals surface area contributed by atoms with Crippen molar-refractivity contribution in [2.75, 3.05) is 5.75 Å². The van der Waals surface area contributed by atoms with Crippen molar-refractivity contribution in [3.05, 3.63) is 35.6 Å². The Labute approximate surface area is 99.9 Å². The van der Waals surface area contributed by atoms with E-state index in [9.17, 15) is 17.6 Å². The Bertz CT molecular complexity index is 499. The van der Waals surface area contributed by atoms with Crippen LogP contribution in [-0.4, -0.2) is 20.1 Å². The van der Waals surface area contributed by atoms with Gasteiger partial charge >= 0.3 is 0 Å². The molecule has 0 atom stereocenters. The zero-order valence-electron chi connectivity index (χ0n) is 9.44. The second-order valence-corrected chi connectivity index (χ2v) is 5.45. The smallest absolute Gasteiger partial charge is 0.237 e. The van der Waals surface area contributed by atoms with E-state index in [1.165, 1.54) is 18.2 Å². The van der Waals surface area contributed by atoms with Gasteiger partial charge in [-0.3, -0.25) is 9.52 Å². The van der Waals surface area contributed by atoms with E-state index in [2.05, 4.69) is 0 Å². The third kappa shape index (κ3) is 4.52. The molecule has 0 bridgehead atoms. The molecule has 1 N–H and O–H groups in total. The lowest BCUT2D eigenvalue weighted by Gasteiger charge is -2.06. The van der Waals surface area contributed by atoms with Gasteiger partial charge < -0.3 is 0 Å². The molecule has 0 radical (unpaired) electrons. The molecule has 1 rings (SSSR count). The van der Waals surface area contributed by atoms with Crippen LogP contribution in [0.3, 0.4) is 0 Å². The summed E-state index contributed by atoms with van der Waals surface area (Å²) in [6, 6.07) is 5.77. The molecule has 0 spiro atoms. The molecule has 17 heavy (non-hydrogen) atoms. The summed E-state index contributed by atoms with van der Waals surface area (Å²) in [5.41, 5.74) is 0.177. The number of carbonyl (C=O) groups excluding carboxylic acids is 1. The van der Waals surface area contributed by atoms with E-state index in [0.717, 1.165) is 0 Å². The van der Waals surface area contributed by atoms with Gasteiger partial charge in [0.15, 0.2) is 0 Å². The Morgan fingerprint density at radius 2 is 2.00 bits per heavy atom. The maximum Gasteiger partial charge on any atom is 0.237 e. The molecule has 1 aromatic carbocycles. The van der Waals surface area contributed by atoms with Crippen LogP contribution in [0.4, 0.5) is 4.39 Å². The van der Waals surface area contributed by atoms with Gasteiger partial charge in [0.25, 0.3) is 0 Å². The summed E-state index contributed by atoms with van der Waals surface area (Å²) < 4.78 is 37.7. The molecule has 0 heterocycles. The molecule has 6 heteroatoms. The van der Waals surface area contributed by atoms with Gasteiger partial charge in [-0.05, 0) is 18.1 Å². The quantitative estimate of drug-likeness (QED) is 0.865. The number of hydrogen-bond acceptors (Lipinski definition) is 3. The van der Waals surface area contributed by atoms with Crippen LogP contribution in [-0.2, 0) is 21.2 Å². The maximum atomic E-state index is 13.2. The van der Waals surface area contributed by atoms with Crippen LogP contribution >= 0.6 is 0 Å². The molecule has 0 aliphatic rings. The van der Waals surface area contributed by atoms with Crippen molar-refractivity contribution in [2.45, 2.75) is 19.8 Å². The lowest BCUT2D eigenvalue weighted by molar-refractivity contribution is -0.118. The molecule has 94 valence electrons. The first-order chi connectivity index (χ1) is 7.94. The lowest BCUT2D eigenvalue weighted by atomic mass is 10.1. The minimum absolute atomic E-state index is 0.115. The highest BCUT2D eigenvalue weighted by Gasteiger charge is 2.14. The van der Waals surface area contributed by atoms with Crippen LogP contribution in [0.25, 0.3) is 0 Å². The fraction of sp³-hybridized carbons (Fsp3) is 0.364. The van der Waals surface area contributed by atoms with Gasteiger partial charge in [-0.15, -0.1) is 0 Å². The molecular weight excluding hydrogens is 245 g/mol. The number of carbonyl (C=O) groups is 1. The molecule has 1 amide bonds. The number of benzene rings is 1. The van der Waals surface area contributed by atoms with Crippen molar-refractivity contribution >= 4 is 15.9 Å². The number of rotatable bonds is 5. The highest BCUT2D eigenvalue weighted by atomic mass is 32.2. The summed E-state index contributed by atoms with van der Waals surface area (Å²) >= 11 is 0. The molecule has 0 saturated heterocycles. The van der Waals surface area contributed by atoms with E-state index < -0.39 is 21.7 Å². The van der Waals surface area contributed by atoms with E-state index in [0.29, 0.717) is 6.42 Å². The van der Waals surface area contributed by atoms with Crippen LogP contribution in [0.2, 0.25) is 0 Å². The normalized spacial score (nSPS) is 11.2. The molecule has 0 fully saturated rings. The summed E-state index contributed by atoms with van der Waals surface area (Å²) in [4.78, 5) is 11.4. The molecule has 1 aromatic rings. The molecule has 4 nitrogen and oxygen atoms in total. The van der Waals surface area contributed by atoms with E-state index in [4.69, 9.17) is 0 Å². The molecule has 0 aliphatic heterocycles. The maximum absolute atomic E-state index is 13.2. The average molecular weight is 259 g/mol.